The van der Waals surface area contributed by atoms with Crippen LogP contribution in [-0.2, 0) is 4.74 Å². The Hall–Kier alpha value is -1.77. The van der Waals surface area contributed by atoms with E-state index < -0.39 is 0 Å². The Labute approximate surface area is 87.1 Å². The molecule has 1 N–H and O–H groups in total. The molecule has 1 fully saturated rings. The molecule has 1 saturated carbocycles. The van der Waals surface area contributed by atoms with E-state index >= 15 is 0 Å². The van der Waals surface area contributed by atoms with Crippen LogP contribution in [0.3, 0.4) is 0 Å². The summed E-state index contributed by atoms with van der Waals surface area (Å²) in [5.74, 6) is -0.213. The first-order chi connectivity index (χ1) is 7.34. The van der Waals surface area contributed by atoms with Crippen molar-refractivity contribution in [2.45, 2.75) is 18.9 Å². The van der Waals surface area contributed by atoms with Crippen LogP contribution in [0.4, 0.5) is 0 Å². The first kappa shape index (κ1) is 8.53. The molecule has 0 radical (unpaired) electrons. The third-order valence-electron chi connectivity index (χ3n) is 2.61. The van der Waals surface area contributed by atoms with Crippen molar-refractivity contribution in [2.75, 3.05) is 0 Å². The largest absolute Gasteiger partial charge is 0.459 e. The van der Waals surface area contributed by atoms with Crippen LogP contribution in [0.25, 0.3) is 10.9 Å². The van der Waals surface area contributed by atoms with Gasteiger partial charge in [0.25, 0.3) is 0 Å². The van der Waals surface area contributed by atoms with E-state index in [9.17, 15) is 4.79 Å². The fraction of sp³-hybridized carbons (Fsp3) is 0.250. The lowest BCUT2D eigenvalue weighted by atomic mass is 10.2. The number of aromatic amines is 1. The summed E-state index contributed by atoms with van der Waals surface area (Å²) in [6, 6.07) is 7.73. The lowest BCUT2D eigenvalue weighted by molar-refractivity contribution is 0.0475. The molecule has 3 rings (SSSR count). The topological polar surface area (TPSA) is 42.1 Å². The zero-order chi connectivity index (χ0) is 10.3. The minimum atomic E-state index is -0.213. The Morgan fingerprint density at radius 3 is 2.93 bits per heavy atom. The summed E-state index contributed by atoms with van der Waals surface area (Å²) in [5.41, 5.74) is 1.61. The highest BCUT2D eigenvalue weighted by Gasteiger charge is 2.27. The Morgan fingerprint density at radius 2 is 2.13 bits per heavy atom. The second kappa shape index (κ2) is 3.12. The Bertz CT molecular complexity index is 511. The summed E-state index contributed by atoms with van der Waals surface area (Å²) in [7, 11) is 0. The van der Waals surface area contributed by atoms with E-state index in [4.69, 9.17) is 4.74 Å². The van der Waals surface area contributed by atoms with E-state index in [0.29, 0.717) is 5.56 Å². The van der Waals surface area contributed by atoms with Crippen LogP contribution in [0.2, 0.25) is 0 Å². The molecular weight excluding hydrogens is 190 g/mol. The number of carbonyl (C=O) groups is 1. The minimum absolute atomic E-state index is 0.158. The average molecular weight is 201 g/mol. The molecule has 0 atom stereocenters. The quantitative estimate of drug-likeness (QED) is 0.758. The van der Waals surface area contributed by atoms with Crippen molar-refractivity contribution in [1.29, 1.82) is 0 Å². The SMILES string of the molecule is O=C(OC1CC1)c1c[nH]c2ccccc12. The fourth-order valence-electron chi connectivity index (χ4n) is 1.64. The zero-order valence-corrected chi connectivity index (χ0v) is 8.19. The number of fused-ring (bicyclic) bond motifs is 1. The van der Waals surface area contributed by atoms with Crippen molar-refractivity contribution >= 4 is 16.9 Å². The molecule has 0 spiro atoms. The van der Waals surface area contributed by atoms with Gasteiger partial charge >= 0.3 is 5.97 Å². The summed E-state index contributed by atoms with van der Waals surface area (Å²) < 4.78 is 5.25. The summed E-state index contributed by atoms with van der Waals surface area (Å²) in [6.45, 7) is 0. The number of ether oxygens (including phenoxy) is 1. The highest BCUT2D eigenvalue weighted by atomic mass is 16.5. The molecule has 0 unspecified atom stereocenters. The van der Waals surface area contributed by atoms with Gasteiger partial charge in [-0.15, -0.1) is 0 Å². The number of rotatable bonds is 2. The van der Waals surface area contributed by atoms with Gasteiger partial charge in [-0.1, -0.05) is 18.2 Å². The Morgan fingerprint density at radius 1 is 1.33 bits per heavy atom. The number of para-hydroxylation sites is 1. The number of aromatic nitrogens is 1. The van der Waals surface area contributed by atoms with E-state index in [0.717, 1.165) is 23.7 Å². The highest BCUT2D eigenvalue weighted by Crippen LogP contribution is 2.26. The summed E-state index contributed by atoms with van der Waals surface area (Å²) in [6.07, 6.45) is 3.89. The number of hydrogen-bond donors (Lipinski definition) is 1. The molecule has 3 heteroatoms. The van der Waals surface area contributed by atoms with Crippen molar-refractivity contribution in [3.8, 4) is 0 Å². The molecular formula is C12H11NO2. The fourth-order valence-corrected chi connectivity index (χ4v) is 1.64. The second-order valence-electron chi connectivity index (χ2n) is 3.85. The third-order valence-corrected chi connectivity index (χ3v) is 2.61. The first-order valence-corrected chi connectivity index (χ1v) is 5.12. The smallest absolute Gasteiger partial charge is 0.340 e. The summed E-state index contributed by atoms with van der Waals surface area (Å²) >= 11 is 0. The molecule has 2 aromatic rings. The minimum Gasteiger partial charge on any atom is -0.459 e. The number of hydrogen-bond acceptors (Lipinski definition) is 2. The Balaban J connectivity index is 1.98. The van der Waals surface area contributed by atoms with Gasteiger partial charge in [0.05, 0.1) is 5.56 Å². The van der Waals surface area contributed by atoms with Crippen molar-refractivity contribution in [2.24, 2.45) is 0 Å². The van der Waals surface area contributed by atoms with Gasteiger partial charge in [0.2, 0.25) is 0 Å². The molecule has 1 aromatic carbocycles. The molecule has 0 bridgehead atoms. The van der Waals surface area contributed by atoms with Gasteiger partial charge in [-0.05, 0) is 18.9 Å². The number of nitrogens with one attached hydrogen (secondary N) is 1. The molecule has 1 aromatic heterocycles. The summed E-state index contributed by atoms with van der Waals surface area (Å²) in [4.78, 5) is 14.8. The predicted molar refractivity (Wildman–Crippen MR) is 56.7 cm³/mol. The first-order valence-electron chi connectivity index (χ1n) is 5.12. The van der Waals surface area contributed by atoms with Crippen molar-refractivity contribution < 1.29 is 9.53 Å². The molecule has 15 heavy (non-hydrogen) atoms. The zero-order valence-electron chi connectivity index (χ0n) is 8.19. The van der Waals surface area contributed by atoms with Gasteiger partial charge in [-0.3, -0.25) is 0 Å². The molecule has 3 nitrogen and oxygen atoms in total. The second-order valence-corrected chi connectivity index (χ2v) is 3.85. The predicted octanol–water partition coefficient (Wildman–Crippen LogP) is 2.49. The average Bonchev–Trinajstić information content (AvgIpc) is 2.96. The highest BCUT2D eigenvalue weighted by molar-refractivity contribution is 6.04. The van der Waals surface area contributed by atoms with E-state index in [1.807, 2.05) is 24.3 Å². The Kier molecular flexibility index (Phi) is 1.78. The maximum absolute atomic E-state index is 11.7. The normalized spacial score (nSPS) is 15.5. The van der Waals surface area contributed by atoms with Crippen LogP contribution in [0.5, 0.6) is 0 Å². The monoisotopic (exact) mass is 201 g/mol. The van der Waals surface area contributed by atoms with Crippen LogP contribution >= 0.6 is 0 Å². The number of benzene rings is 1. The standard InChI is InChI=1S/C12H11NO2/c14-12(15-8-5-6-8)10-7-13-11-4-2-1-3-9(10)11/h1-4,7-8,13H,5-6H2. The van der Waals surface area contributed by atoms with Crippen LogP contribution in [0.15, 0.2) is 30.5 Å². The van der Waals surface area contributed by atoms with E-state index in [1.165, 1.54) is 0 Å². The van der Waals surface area contributed by atoms with E-state index in [2.05, 4.69) is 4.98 Å². The molecule has 1 aliphatic carbocycles. The van der Waals surface area contributed by atoms with E-state index in [1.54, 1.807) is 6.20 Å². The molecule has 0 amide bonds. The van der Waals surface area contributed by atoms with Crippen LogP contribution in [0.1, 0.15) is 23.2 Å². The molecule has 1 aliphatic rings. The lowest BCUT2D eigenvalue weighted by Crippen LogP contribution is -2.05. The van der Waals surface area contributed by atoms with Crippen molar-refractivity contribution in [3.05, 3.63) is 36.0 Å². The molecule has 0 aliphatic heterocycles. The number of esters is 1. The third kappa shape index (κ3) is 1.50. The maximum Gasteiger partial charge on any atom is 0.340 e. The summed E-state index contributed by atoms with van der Waals surface area (Å²) in [5, 5.41) is 0.933. The lowest BCUT2D eigenvalue weighted by Gasteiger charge is -2.00. The van der Waals surface area contributed by atoms with Crippen molar-refractivity contribution in [1.82, 2.24) is 4.98 Å². The van der Waals surface area contributed by atoms with Crippen molar-refractivity contribution in [3.63, 3.8) is 0 Å². The van der Waals surface area contributed by atoms with E-state index in [-0.39, 0.29) is 12.1 Å². The van der Waals surface area contributed by atoms with Gasteiger partial charge in [-0.2, -0.15) is 0 Å². The van der Waals surface area contributed by atoms with Gasteiger partial charge in [0, 0.05) is 17.1 Å². The van der Waals surface area contributed by atoms with Crippen LogP contribution in [-0.4, -0.2) is 17.1 Å². The van der Waals surface area contributed by atoms with Crippen LogP contribution in [0, 0.1) is 0 Å². The van der Waals surface area contributed by atoms with Gasteiger partial charge in [0.15, 0.2) is 0 Å². The number of H-pyrrole nitrogens is 1. The number of carbonyl (C=O) groups excluding carboxylic acids is 1. The maximum atomic E-state index is 11.7. The molecule has 1 heterocycles. The van der Waals surface area contributed by atoms with Crippen LogP contribution < -0.4 is 0 Å². The van der Waals surface area contributed by atoms with Gasteiger partial charge < -0.3 is 9.72 Å². The molecule has 0 saturated heterocycles. The van der Waals surface area contributed by atoms with Gasteiger partial charge in [0.1, 0.15) is 6.10 Å². The van der Waals surface area contributed by atoms with Gasteiger partial charge in [-0.25, -0.2) is 4.79 Å². The molecule has 76 valence electrons.